The fourth-order valence-electron chi connectivity index (χ4n) is 6.86. The maximum absolute atomic E-state index is 14.2. The van der Waals surface area contributed by atoms with Gasteiger partial charge in [-0.15, -0.1) is 0 Å². The van der Waals surface area contributed by atoms with E-state index in [0.717, 1.165) is 36.8 Å². The molecule has 1 unspecified atom stereocenters. The monoisotopic (exact) mass is 640 g/mol. The molecule has 0 aliphatic carbocycles. The van der Waals surface area contributed by atoms with E-state index in [1.165, 1.54) is 10.5 Å². The minimum atomic E-state index is -1.15. The van der Waals surface area contributed by atoms with Gasteiger partial charge in [-0.25, -0.2) is 9.59 Å². The van der Waals surface area contributed by atoms with Gasteiger partial charge in [0.2, 0.25) is 11.8 Å². The van der Waals surface area contributed by atoms with Gasteiger partial charge in [-0.05, 0) is 59.6 Å². The Morgan fingerprint density at radius 1 is 1.11 bits per heavy atom. The number of hydrogen-bond donors (Lipinski definition) is 3. The van der Waals surface area contributed by atoms with Gasteiger partial charge in [-0.1, -0.05) is 59.2 Å². The zero-order valence-electron chi connectivity index (χ0n) is 27.8. The molecule has 0 saturated carbocycles. The largest absolute Gasteiger partial charge is 0.478 e. The van der Waals surface area contributed by atoms with E-state index in [-0.39, 0.29) is 25.0 Å². The standard InChI is InChI=1S/C33H49BN4O8/c1-32(2,3)27-29(40)38-18-23(16-25(38)28(39)35-26-13-9-15-45-34(26)43)46-31(42)37-17-22-12-8-11-21(24(22)19-37)10-6-7-14-33(4,5)20-44-30(41)36-27/h8,11-12,23,25-27,43H,6-7,9-10,13-20H2,1-5H3,(H,35,39)(H,36,41)/t23-,25+,26?,27-/m1/s1. The number of benzene rings is 1. The lowest BCUT2D eigenvalue weighted by molar-refractivity contribution is -0.142. The first-order valence-electron chi connectivity index (χ1n) is 16.6. The minimum Gasteiger partial charge on any atom is -0.449 e. The number of carbonyl (C=O) groups is 4. The molecule has 46 heavy (non-hydrogen) atoms. The SMILES string of the molecule is CC1(C)CCCCc2cccc3c2CN(C3)C(=O)O[C@@H]2C[C@@H](C(=O)NC3CCCOB3O)N(C2)C(=O)[C@H](C(C)(C)C)NC(=O)OC1. The Hall–Kier alpha value is -3.32. The topological polar surface area (TPSA) is 147 Å². The lowest BCUT2D eigenvalue weighted by Crippen LogP contribution is -2.59. The Morgan fingerprint density at radius 3 is 2.61 bits per heavy atom. The predicted octanol–water partition coefficient (Wildman–Crippen LogP) is 3.32. The van der Waals surface area contributed by atoms with Gasteiger partial charge in [0.05, 0.1) is 19.1 Å². The number of hydrogen-bond acceptors (Lipinski definition) is 8. The van der Waals surface area contributed by atoms with Gasteiger partial charge < -0.3 is 34.7 Å². The van der Waals surface area contributed by atoms with Crippen LogP contribution in [0, 0.1) is 10.8 Å². The van der Waals surface area contributed by atoms with Gasteiger partial charge >= 0.3 is 19.3 Å². The second-order valence-electron chi connectivity index (χ2n) is 15.1. The van der Waals surface area contributed by atoms with E-state index < -0.39 is 60.7 Å². The van der Waals surface area contributed by atoms with Gasteiger partial charge in [0.15, 0.2) is 0 Å². The number of nitrogens with zero attached hydrogens (tertiary/aromatic N) is 2. The molecular formula is C33H49BN4O8. The van der Waals surface area contributed by atoms with Crippen LogP contribution in [0.1, 0.15) is 89.8 Å². The van der Waals surface area contributed by atoms with Gasteiger partial charge in [0, 0.05) is 26.1 Å². The molecule has 13 heteroatoms. The maximum atomic E-state index is 14.2. The fraction of sp³-hybridized carbons (Fsp3) is 0.697. The van der Waals surface area contributed by atoms with Crippen LogP contribution in [0.2, 0.25) is 0 Å². The molecule has 4 heterocycles. The van der Waals surface area contributed by atoms with Crippen molar-refractivity contribution in [2.24, 2.45) is 10.8 Å². The number of rotatable bonds is 2. The summed E-state index contributed by atoms with van der Waals surface area (Å²) in [6, 6.07) is 4.17. The fourth-order valence-corrected chi connectivity index (χ4v) is 6.86. The summed E-state index contributed by atoms with van der Waals surface area (Å²) in [6.45, 7) is 11.1. The highest BCUT2D eigenvalue weighted by atomic mass is 16.6. The molecule has 4 bridgehead atoms. The Balaban J connectivity index is 1.42. The average molecular weight is 641 g/mol. The number of amides is 4. The second-order valence-corrected chi connectivity index (χ2v) is 15.1. The van der Waals surface area contributed by atoms with Crippen molar-refractivity contribution >= 4 is 31.1 Å². The van der Waals surface area contributed by atoms with Crippen molar-refractivity contribution in [2.75, 3.05) is 19.8 Å². The Bertz CT molecular complexity index is 1320. The van der Waals surface area contributed by atoms with E-state index >= 15 is 0 Å². The smallest absolute Gasteiger partial charge is 0.449 e. The molecule has 252 valence electrons. The van der Waals surface area contributed by atoms with E-state index in [0.29, 0.717) is 32.5 Å². The molecule has 12 nitrogen and oxygen atoms in total. The highest BCUT2D eigenvalue weighted by Gasteiger charge is 2.47. The molecule has 4 aliphatic heterocycles. The summed E-state index contributed by atoms with van der Waals surface area (Å²) in [5.74, 6) is -1.58. The Kier molecular flexibility index (Phi) is 10.2. The van der Waals surface area contributed by atoms with Crippen molar-refractivity contribution in [3.63, 3.8) is 0 Å². The maximum Gasteiger partial charge on any atom is 0.478 e. The molecule has 1 aromatic rings. The normalized spacial score (nSPS) is 27.9. The molecule has 4 atom stereocenters. The van der Waals surface area contributed by atoms with Crippen LogP contribution >= 0.6 is 0 Å². The first-order valence-corrected chi connectivity index (χ1v) is 16.6. The van der Waals surface area contributed by atoms with E-state index in [1.807, 2.05) is 32.9 Å². The third kappa shape index (κ3) is 7.97. The molecule has 0 spiro atoms. The molecule has 0 radical (unpaired) electrons. The highest BCUT2D eigenvalue weighted by Crippen LogP contribution is 2.32. The van der Waals surface area contributed by atoms with E-state index in [1.54, 1.807) is 4.90 Å². The third-order valence-electron chi connectivity index (χ3n) is 9.59. The number of aryl methyl sites for hydroxylation is 1. The summed E-state index contributed by atoms with van der Waals surface area (Å²) in [6.07, 6.45) is 2.96. The molecule has 4 amide bonds. The van der Waals surface area contributed by atoms with E-state index in [4.69, 9.17) is 14.1 Å². The number of carbonyl (C=O) groups excluding carboxylic acids is 4. The molecule has 4 aliphatic rings. The number of ether oxygens (including phenoxy) is 2. The highest BCUT2D eigenvalue weighted by molar-refractivity contribution is 6.45. The Morgan fingerprint density at radius 2 is 1.87 bits per heavy atom. The third-order valence-corrected chi connectivity index (χ3v) is 9.59. The van der Waals surface area contributed by atoms with Gasteiger partial charge in [0.25, 0.3) is 0 Å². The molecule has 2 fully saturated rings. The van der Waals surface area contributed by atoms with Crippen molar-refractivity contribution in [1.82, 2.24) is 20.4 Å². The first kappa shape index (κ1) is 34.0. The Labute approximate surface area is 272 Å². The molecule has 5 rings (SSSR count). The minimum absolute atomic E-state index is 0.0191. The van der Waals surface area contributed by atoms with Crippen LogP contribution in [0.5, 0.6) is 0 Å². The number of alkyl carbamates (subject to hydrolysis) is 1. The van der Waals surface area contributed by atoms with E-state index in [2.05, 4.69) is 30.5 Å². The van der Waals surface area contributed by atoms with Crippen molar-refractivity contribution < 1.29 is 38.3 Å². The van der Waals surface area contributed by atoms with Gasteiger partial charge in [0.1, 0.15) is 18.2 Å². The van der Waals surface area contributed by atoms with Gasteiger partial charge in [-0.3, -0.25) is 14.5 Å². The van der Waals surface area contributed by atoms with Crippen LogP contribution in [0.3, 0.4) is 0 Å². The summed E-state index contributed by atoms with van der Waals surface area (Å²) in [5, 5.41) is 15.9. The molecule has 1 aromatic carbocycles. The lowest BCUT2D eigenvalue weighted by Gasteiger charge is -2.36. The summed E-state index contributed by atoms with van der Waals surface area (Å²) < 4.78 is 16.9. The number of cyclic esters (lactones) is 1. The zero-order valence-corrected chi connectivity index (χ0v) is 27.8. The summed E-state index contributed by atoms with van der Waals surface area (Å²) >= 11 is 0. The van der Waals surface area contributed by atoms with Crippen molar-refractivity contribution in [3.05, 3.63) is 34.9 Å². The van der Waals surface area contributed by atoms with E-state index in [9.17, 15) is 24.2 Å². The van der Waals surface area contributed by atoms with Gasteiger partial charge in [-0.2, -0.15) is 0 Å². The summed E-state index contributed by atoms with van der Waals surface area (Å²) in [7, 11) is -1.15. The number of nitrogens with one attached hydrogen (secondary N) is 2. The number of fused-ring (bicyclic) bond motifs is 3. The van der Waals surface area contributed by atoms with Crippen LogP contribution < -0.4 is 10.6 Å². The van der Waals surface area contributed by atoms with Crippen molar-refractivity contribution in [2.45, 2.75) is 117 Å². The molecule has 0 aromatic heterocycles. The van der Waals surface area contributed by atoms with Crippen LogP contribution in [-0.4, -0.2) is 89.8 Å². The quantitative estimate of drug-likeness (QED) is 0.418. The van der Waals surface area contributed by atoms with Crippen LogP contribution in [-0.2, 0) is 43.2 Å². The molecule has 2 saturated heterocycles. The van der Waals surface area contributed by atoms with Crippen LogP contribution in [0.25, 0.3) is 0 Å². The second kappa shape index (κ2) is 13.8. The van der Waals surface area contributed by atoms with Crippen molar-refractivity contribution in [3.8, 4) is 0 Å². The van der Waals surface area contributed by atoms with Crippen LogP contribution in [0.4, 0.5) is 9.59 Å². The van der Waals surface area contributed by atoms with Crippen LogP contribution in [0.15, 0.2) is 18.2 Å². The summed E-state index contributed by atoms with van der Waals surface area (Å²) in [4.78, 5) is 57.6. The lowest BCUT2D eigenvalue weighted by atomic mass is 9.74. The van der Waals surface area contributed by atoms with Crippen molar-refractivity contribution in [1.29, 1.82) is 0 Å². The zero-order chi connectivity index (χ0) is 33.2. The summed E-state index contributed by atoms with van der Waals surface area (Å²) in [5.41, 5.74) is 2.46. The molecular weight excluding hydrogens is 591 g/mol. The first-order chi connectivity index (χ1) is 21.7. The molecule has 3 N–H and O–H groups in total. The predicted molar refractivity (Wildman–Crippen MR) is 170 cm³/mol. The average Bonchev–Trinajstić information content (AvgIpc) is 3.62.